The molecule has 0 aromatic rings. The zero-order valence-corrected chi connectivity index (χ0v) is 12.5. The van der Waals surface area contributed by atoms with Crippen molar-refractivity contribution in [3.8, 4) is 0 Å². The smallest absolute Gasteiger partial charge is 0.245 e. The predicted octanol–water partition coefficient (Wildman–Crippen LogP) is 1.08. The number of nitrogens with zero attached hydrogens (tertiary/aromatic N) is 1. The van der Waals surface area contributed by atoms with Gasteiger partial charge in [-0.1, -0.05) is 6.58 Å². The number of amides is 2. The molecule has 0 aromatic heterocycles. The number of hydrogen-bond donors (Lipinski definition) is 2. The highest BCUT2D eigenvalue weighted by molar-refractivity contribution is 5.87. The first kappa shape index (κ1) is 16.7. The summed E-state index contributed by atoms with van der Waals surface area (Å²) in [5.41, 5.74) is -0.298. The van der Waals surface area contributed by atoms with Crippen LogP contribution in [0.2, 0.25) is 0 Å². The molecule has 2 amide bonds. The first-order valence-electron chi connectivity index (χ1n) is 7.24. The normalized spacial score (nSPS) is 16.9. The summed E-state index contributed by atoms with van der Waals surface area (Å²) in [5.74, 6) is -0.0388. The molecule has 0 unspecified atom stereocenters. The van der Waals surface area contributed by atoms with Crippen LogP contribution in [-0.2, 0) is 9.59 Å². The van der Waals surface area contributed by atoms with E-state index in [9.17, 15) is 9.59 Å². The van der Waals surface area contributed by atoms with Gasteiger partial charge in [0.1, 0.15) is 0 Å². The van der Waals surface area contributed by atoms with Crippen LogP contribution in [0.5, 0.6) is 0 Å². The summed E-state index contributed by atoms with van der Waals surface area (Å²) in [6.45, 7) is 8.78. The number of rotatable bonds is 6. The standard InChI is InChI=1S/C15H26N2O3/c1-4-13(19)17-9-6-12(7-10-17)14(20)16-15(2,3)8-5-11-18/h4,12,18H,1,5-11H2,2-3H3,(H,16,20). The lowest BCUT2D eigenvalue weighted by atomic mass is 9.92. The number of nitrogens with one attached hydrogen (secondary N) is 1. The summed E-state index contributed by atoms with van der Waals surface area (Å²) in [6.07, 6.45) is 4.14. The molecule has 114 valence electrons. The van der Waals surface area contributed by atoms with Crippen molar-refractivity contribution in [3.05, 3.63) is 12.7 Å². The lowest BCUT2D eigenvalue weighted by Crippen LogP contribution is -2.49. The van der Waals surface area contributed by atoms with Gasteiger partial charge in [0.15, 0.2) is 0 Å². The summed E-state index contributed by atoms with van der Waals surface area (Å²) >= 11 is 0. The van der Waals surface area contributed by atoms with E-state index in [1.807, 2.05) is 13.8 Å². The van der Waals surface area contributed by atoms with E-state index in [1.165, 1.54) is 6.08 Å². The van der Waals surface area contributed by atoms with Gasteiger partial charge in [-0.05, 0) is 45.6 Å². The minimum absolute atomic E-state index is 0.0303. The minimum atomic E-state index is -0.298. The van der Waals surface area contributed by atoms with Crippen molar-refractivity contribution in [3.63, 3.8) is 0 Å². The first-order valence-corrected chi connectivity index (χ1v) is 7.24. The number of aliphatic hydroxyl groups is 1. The van der Waals surface area contributed by atoms with E-state index in [0.29, 0.717) is 32.4 Å². The van der Waals surface area contributed by atoms with Crippen LogP contribution < -0.4 is 5.32 Å². The summed E-state index contributed by atoms with van der Waals surface area (Å²) in [4.78, 5) is 25.4. The van der Waals surface area contributed by atoms with Gasteiger partial charge in [0.25, 0.3) is 0 Å². The van der Waals surface area contributed by atoms with Crippen LogP contribution in [-0.4, -0.2) is 47.1 Å². The molecule has 1 aliphatic heterocycles. The predicted molar refractivity (Wildman–Crippen MR) is 78.0 cm³/mol. The summed E-state index contributed by atoms with van der Waals surface area (Å²) in [6, 6.07) is 0. The second kappa shape index (κ2) is 7.43. The van der Waals surface area contributed by atoms with Gasteiger partial charge in [-0.3, -0.25) is 9.59 Å². The number of hydrogen-bond acceptors (Lipinski definition) is 3. The van der Waals surface area contributed by atoms with Gasteiger partial charge in [-0.2, -0.15) is 0 Å². The maximum Gasteiger partial charge on any atom is 0.245 e. The summed E-state index contributed by atoms with van der Waals surface area (Å²) in [7, 11) is 0. The van der Waals surface area contributed by atoms with Crippen molar-refractivity contribution in [2.45, 2.75) is 45.1 Å². The van der Waals surface area contributed by atoms with E-state index < -0.39 is 0 Å². The van der Waals surface area contributed by atoms with Crippen molar-refractivity contribution in [1.29, 1.82) is 0 Å². The molecule has 1 fully saturated rings. The van der Waals surface area contributed by atoms with Crippen LogP contribution in [0.3, 0.4) is 0 Å². The Labute approximate surface area is 121 Å². The number of piperidine rings is 1. The molecule has 1 heterocycles. The highest BCUT2D eigenvalue weighted by atomic mass is 16.3. The molecule has 5 nitrogen and oxygen atoms in total. The molecule has 1 rings (SSSR count). The van der Waals surface area contributed by atoms with Crippen LogP contribution in [0.1, 0.15) is 39.5 Å². The Balaban J connectivity index is 2.42. The average molecular weight is 282 g/mol. The highest BCUT2D eigenvalue weighted by Crippen LogP contribution is 2.20. The molecule has 20 heavy (non-hydrogen) atoms. The van der Waals surface area contributed by atoms with E-state index in [-0.39, 0.29) is 29.9 Å². The lowest BCUT2D eigenvalue weighted by molar-refractivity contribution is -0.133. The molecule has 1 saturated heterocycles. The van der Waals surface area contributed by atoms with Crippen LogP contribution >= 0.6 is 0 Å². The average Bonchev–Trinajstić information content (AvgIpc) is 2.44. The molecule has 0 atom stereocenters. The molecular formula is C15H26N2O3. The van der Waals surface area contributed by atoms with Gasteiger partial charge >= 0.3 is 0 Å². The van der Waals surface area contributed by atoms with E-state index >= 15 is 0 Å². The molecule has 1 aliphatic rings. The third kappa shape index (κ3) is 4.96. The fourth-order valence-corrected chi connectivity index (χ4v) is 2.51. The molecule has 0 aliphatic carbocycles. The Hall–Kier alpha value is -1.36. The van der Waals surface area contributed by atoms with Crippen LogP contribution in [0, 0.1) is 5.92 Å². The number of aliphatic hydroxyl groups excluding tert-OH is 1. The van der Waals surface area contributed by atoms with Gasteiger partial charge < -0.3 is 15.3 Å². The zero-order valence-electron chi connectivity index (χ0n) is 12.5. The molecule has 0 saturated carbocycles. The van der Waals surface area contributed by atoms with Crippen molar-refractivity contribution < 1.29 is 14.7 Å². The van der Waals surface area contributed by atoms with E-state index in [0.717, 1.165) is 6.42 Å². The van der Waals surface area contributed by atoms with Crippen LogP contribution in [0.15, 0.2) is 12.7 Å². The summed E-state index contributed by atoms with van der Waals surface area (Å²) < 4.78 is 0. The fraction of sp³-hybridized carbons (Fsp3) is 0.733. The third-order valence-corrected chi connectivity index (χ3v) is 3.77. The Morgan fingerprint density at radius 1 is 1.40 bits per heavy atom. The zero-order chi connectivity index (χ0) is 15.2. The highest BCUT2D eigenvalue weighted by Gasteiger charge is 2.29. The fourth-order valence-electron chi connectivity index (χ4n) is 2.51. The maximum atomic E-state index is 12.2. The molecule has 2 N–H and O–H groups in total. The van der Waals surface area contributed by atoms with Gasteiger partial charge in [-0.25, -0.2) is 0 Å². The molecule has 0 spiro atoms. The van der Waals surface area contributed by atoms with E-state index in [1.54, 1.807) is 4.90 Å². The van der Waals surface area contributed by atoms with Gasteiger partial charge in [0.2, 0.25) is 11.8 Å². The van der Waals surface area contributed by atoms with E-state index in [4.69, 9.17) is 5.11 Å². The number of carbonyl (C=O) groups is 2. The Morgan fingerprint density at radius 3 is 2.50 bits per heavy atom. The van der Waals surface area contributed by atoms with Gasteiger partial charge in [-0.15, -0.1) is 0 Å². The second-order valence-corrected chi connectivity index (χ2v) is 6.00. The first-order chi connectivity index (χ1) is 9.39. The van der Waals surface area contributed by atoms with Gasteiger partial charge in [0, 0.05) is 31.2 Å². The van der Waals surface area contributed by atoms with E-state index in [2.05, 4.69) is 11.9 Å². The van der Waals surface area contributed by atoms with Crippen molar-refractivity contribution >= 4 is 11.8 Å². The largest absolute Gasteiger partial charge is 0.396 e. The monoisotopic (exact) mass is 282 g/mol. The van der Waals surface area contributed by atoms with Crippen molar-refractivity contribution in [2.24, 2.45) is 5.92 Å². The number of carbonyl (C=O) groups excluding carboxylic acids is 2. The second-order valence-electron chi connectivity index (χ2n) is 6.00. The topological polar surface area (TPSA) is 69.6 Å². The van der Waals surface area contributed by atoms with Crippen molar-refractivity contribution in [1.82, 2.24) is 10.2 Å². The Bertz CT molecular complexity index is 358. The van der Waals surface area contributed by atoms with Gasteiger partial charge in [0.05, 0.1) is 0 Å². The summed E-state index contributed by atoms with van der Waals surface area (Å²) in [5, 5.41) is 11.9. The Morgan fingerprint density at radius 2 is 2.00 bits per heavy atom. The molecule has 5 heteroatoms. The number of likely N-dealkylation sites (tertiary alicyclic amines) is 1. The Kier molecular flexibility index (Phi) is 6.20. The molecule has 0 aromatic carbocycles. The third-order valence-electron chi connectivity index (χ3n) is 3.77. The SMILES string of the molecule is C=CC(=O)N1CCC(C(=O)NC(C)(C)CCCO)CC1. The van der Waals surface area contributed by atoms with Crippen molar-refractivity contribution in [2.75, 3.05) is 19.7 Å². The maximum absolute atomic E-state index is 12.2. The quantitative estimate of drug-likeness (QED) is 0.716. The van der Waals surface area contributed by atoms with Crippen LogP contribution in [0.25, 0.3) is 0 Å². The lowest BCUT2D eigenvalue weighted by Gasteiger charge is -2.33. The molecule has 0 radical (unpaired) electrons. The van der Waals surface area contributed by atoms with Crippen LogP contribution in [0.4, 0.5) is 0 Å². The molecule has 0 bridgehead atoms. The minimum Gasteiger partial charge on any atom is -0.396 e. The molecular weight excluding hydrogens is 256 g/mol.